The summed E-state index contributed by atoms with van der Waals surface area (Å²) in [6.45, 7) is 6.57. The van der Waals surface area contributed by atoms with Gasteiger partial charge in [-0.3, -0.25) is 0 Å². The molecule has 1 rings (SSSR count). The Morgan fingerprint density at radius 1 is 1.33 bits per heavy atom. The molecule has 1 unspecified atom stereocenters. The second kappa shape index (κ2) is 7.90. The molecule has 0 amide bonds. The van der Waals surface area contributed by atoms with Gasteiger partial charge in [0.25, 0.3) is 0 Å². The highest BCUT2D eigenvalue weighted by Crippen LogP contribution is 2.30. The van der Waals surface area contributed by atoms with E-state index in [0.717, 1.165) is 29.9 Å². The molecule has 0 aliphatic rings. The van der Waals surface area contributed by atoms with E-state index in [9.17, 15) is 0 Å². The first-order chi connectivity index (χ1) is 9.93. The van der Waals surface area contributed by atoms with E-state index in [1.807, 2.05) is 39.1 Å². The van der Waals surface area contributed by atoms with E-state index in [-0.39, 0.29) is 11.5 Å². The number of nitrogens with zero attached hydrogens (tertiary/aromatic N) is 1. The van der Waals surface area contributed by atoms with Crippen LogP contribution in [0.2, 0.25) is 0 Å². The lowest BCUT2D eigenvalue weighted by Gasteiger charge is -2.17. The number of methoxy groups -OCH3 is 1. The summed E-state index contributed by atoms with van der Waals surface area (Å²) in [5, 5.41) is 12.2. The quantitative estimate of drug-likeness (QED) is 0.742. The molecule has 116 valence electrons. The van der Waals surface area contributed by atoms with Gasteiger partial charge in [-0.25, -0.2) is 0 Å². The first-order valence-electron chi connectivity index (χ1n) is 7.33. The topological polar surface area (TPSA) is 54.3 Å². The normalized spacial score (nSPS) is 12.6. The average Bonchev–Trinajstić information content (AvgIpc) is 2.50. The summed E-state index contributed by atoms with van der Waals surface area (Å²) in [6.07, 6.45) is 1.67. The molecule has 0 fully saturated rings. The van der Waals surface area contributed by atoms with Crippen LogP contribution in [0.3, 0.4) is 0 Å². The van der Waals surface area contributed by atoms with Crippen molar-refractivity contribution in [3.05, 3.63) is 23.8 Å². The molecule has 1 N–H and O–H groups in total. The smallest absolute Gasteiger partial charge is 0.161 e. The number of nitriles is 1. The third kappa shape index (κ3) is 5.28. The Morgan fingerprint density at radius 2 is 2.05 bits per heavy atom. The van der Waals surface area contributed by atoms with Crippen molar-refractivity contribution in [1.82, 2.24) is 5.32 Å². The van der Waals surface area contributed by atoms with Crippen LogP contribution in [0, 0.1) is 16.7 Å². The van der Waals surface area contributed by atoms with Crippen molar-refractivity contribution in [1.29, 1.82) is 5.26 Å². The standard InChI is InChI=1S/C17H26N2O2/c1-13(19-4)14-7-8-15(16(11-14)20-5)21-10-6-9-17(2,3)12-18/h7-8,11,13,19H,6,9-10H2,1-5H3. The first-order valence-corrected chi connectivity index (χ1v) is 7.33. The van der Waals surface area contributed by atoms with Gasteiger partial charge in [0.15, 0.2) is 11.5 Å². The summed E-state index contributed by atoms with van der Waals surface area (Å²) >= 11 is 0. The maximum absolute atomic E-state index is 8.98. The van der Waals surface area contributed by atoms with Crippen molar-refractivity contribution >= 4 is 0 Å². The van der Waals surface area contributed by atoms with Gasteiger partial charge in [0.1, 0.15) is 0 Å². The molecule has 0 aliphatic carbocycles. The molecule has 0 spiro atoms. The van der Waals surface area contributed by atoms with E-state index in [1.54, 1.807) is 7.11 Å². The van der Waals surface area contributed by atoms with Gasteiger partial charge in [-0.05, 0) is 58.4 Å². The van der Waals surface area contributed by atoms with E-state index in [4.69, 9.17) is 14.7 Å². The van der Waals surface area contributed by atoms with Gasteiger partial charge < -0.3 is 14.8 Å². The molecule has 0 aliphatic heterocycles. The molecule has 0 radical (unpaired) electrons. The maximum Gasteiger partial charge on any atom is 0.161 e. The van der Waals surface area contributed by atoms with Crippen molar-refractivity contribution in [3.63, 3.8) is 0 Å². The predicted octanol–water partition coefficient (Wildman–Crippen LogP) is 3.68. The molecular weight excluding hydrogens is 264 g/mol. The summed E-state index contributed by atoms with van der Waals surface area (Å²) in [6, 6.07) is 8.55. The van der Waals surface area contributed by atoms with E-state index < -0.39 is 0 Å². The minimum atomic E-state index is -0.292. The Labute approximate surface area is 128 Å². The zero-order valence-corrected chi connectivity index (χ0v) is 13.7. The highest BCUT2D eigenvalue weighted by Gasteiger charge is 2.16. The second-order valence-corrected chi connectivity index (χ2v) is 5.87. The Balaban J connectivity index is 2.61. The van der Waals surface area contributed by atoms with Gasteiger partial charge >= 0.3 is 0 Å². The number of nitrogens with one attached hydrogen (secondary N) is 1. The van der Waals surface area contributed by atoms with Gasteiger partial charge in [-0.2, -0.15) is 5.26 Å². The predicted molar refractivity (Wildman–Crippen MR) is 84.6 cm³/mol. The van der Waals surface area contributed by atoms with Crippen LogP contribution in [0.1, 0.15) is 45.2 Å². The highest BCUT2D eigenvalue weighted by atomic mass is 16.5. The lowest BCUT2D eigenvalue weighted by Crippen LogP contribution is -2.12. The summed E-state index contributed by atoms with van der Waals surface area (Å²) < 4.78 is 11.2. The Kier molecular flexibility index (Phi) is 6.51. The highest BCUT2D eigenvalue weighted by molar-refractivity contribution is 5.43. The number of hydrogen-bond donors (Lipinski definition) is 1. The first kappa shape index (κ1) is 17.3. The van der Waals surface area contributed by atoms with E-state index in [2.05, 4.69) is 18.3 Å². The Hall–Kier alpha value is -1.73. The fourth-order valence-corrected chi connectivity index (χ4v) is 1.99. The molecule has 1 aromatic rings. The molecule has 4 heteroatoms. The van der Waals surface area contributed by atoms with Crippen molar-refractivity contribution in [3.8, 4) is 17.6 Å². The molecule has 0 heterocycles. The molecule has 1 atom stereocenters. The summed E-state index contributed by atoms with van der Waals surface area (Å²) in [4.78, 5) is 0. The summed E-state index contributed by atoms with van der Waals surface area (Å²) in [5.41, 5.74) is 0.867. The average molecular weight is 290 g/mol. The van der Waals surface area contributed by atoms with Crippen molar-refractivity contribution in [2.75, 3.05) is 20.8 Å². The minimum absolute atomic E-state index is 0.268. The largest absolute Gasteiger partial charge is 0.493 e. The molecule has 4 nitrogen and oxygen atoms in total. The molecular formula is C17H26N2O2. The molecule has 0 saturated heterocycles. The van der Waals surface area contributed by atoms with Crippen LogP contribution in [0.15, 0.2) is 18.2 Å². The fraction of sp³-hybridized carbons (Fsp3) is 0.588. The van der Waals surface area contributed by atoms with E-state index in [0.29, 0.717) is 6.61 Å². The zero-order chi connectivity index (χ0) is 15.9. The third-order valence-electron chi connectivity index (χ3n) is 3.63. The minimum Gasteiger partial charge on any atom is -0.493 e. The second-order valence-electron chi connectivity index (χ2n) is 5.87. The van der Waals surface area contributed by atoms with Gasteiger partial charge in [-0.15, -0.1) is 0 Å². The van der Waals surface area contributed by atoms with Crippen LogP contribution in [-0.4, -0.2) is 20.8 Å². The van der Waals surface area contributed by atoms with E-state index in [1.165, 1.54) is 0 Å². The molecule has 0 bridgehead atoms. The van der Waals surface area contributed by atoms with Crippen LogP contribution in [0.25, 0.3) is 0 Å². The van der Waals surface area contributed by atoms with Gasteiger partial charge in [-0.1, -0.05) is 6.07 Å². The van der Waals surface area contributed by atoms with Crippen LogP contribution in [0.4, 0.5) is 0 Å². The molecule has 0 saturated carbocycles. The number of ether oxygens (including phenoxy) is 2. The van der Waals surface area contributed by atoms with Crippen molar-refractivity contribution in [2.24, 2.45) is 5.41 Å². The third-order valence-corrected chi connectivity index (χ3v) is 3.63. The summed E-state index contributed by atoms with van der Waals surface area (Å²) in [7, 11) is 3.58. The summed E-state index contributed by atoms with van der Waals surface area (Å²) in [5.74, 6) is 1.49. The Bertz CT molecular complexity index is 492. The number of benzene rings is 1. The number of hydrogen-bond acceptors (Lipinski definition) is 4. The van der Waals surface area contributed by atoms with Crippen LogP contribution < -0.4 is 14.8 Å². The van der Waals surface area contributed by atoms with Crippen LogP contribution >= 0.6 is 0 Å². The molecule has 1 aromatic carbocycles. The van der Waals surface area contributed by atoms with Gasteiger partial charge in [0.05, 0.1) is 25.2 Å². The number of rotatable bonds is 8. The van der Waals surface area contributed by atoms with Crippen LogP contribution in [0.5, 0.6) is 11.5 Å². The zero-order valence-electron chi connectivity index (χ0n) is 13.7. The van der Waals surface area contributed by atoms with Gasteiger partial charge in [0.2, 0.25) is 0 Å². The van der Waals surface area contributed by atoms with Gasteiger partial charge in [0, 0.05) is 6.04 Å². The molecule has 21 heavy (non-hydrogen) atoms. The maximum atomic E-state index is 8.98. The fourth-order valence-electron chi connectivity index (χ4n) is 1.99. The SMILES string of the molecule is CNC(C)c1ccc(OCCCC(C)(C)C#N)c(OC)c1. The van der Waals surface area contributed by atoms with Crippen molar-refractivity contribution in [2.45, 2.75) is 39.7 Å². The lowest BCUT2D eigenvalue weighted by molar-refractivity contribution is 0.269. The lowest BCUT2D eigenvalue weighted by atomic mass is 9.90. The monoisotopic (exact) mass is 290 g/mol. The van der Waals surface area contributed by atoms with Crippen LogP contribution in [-0.2, 0) is 0 Å². The molecule has 0 aromatic heterocycles. The van der Waals surface area contributed by atoms with E-state index >= 15 is 0 Å². The van der Waals surface area contributed by atoms with Crippen molar-refractivity contribution < 1.29 is 9.47 Å². The Morgan fingerprint density at radius 3 is 2.62 bits per heavy atom.